The first kappa shape index (κ1) is 25.0. The van der Waals surface area contributed by atoms with Crippen LogP contribution >= 0.6 is 11.6 Å². The van der Waals surface area contributed by atoms with E-state index < -0.39 is 5.60 Å². The molecule has 0 aliphatic carbocycles. The molecule has 2 saturated heterocycles. The molecule has 36 heavy (non-hydrogen) atoms. The topological polar surface area (TPSA) is 78.9 Å². The highest BCUT2D eigenvalue weighted by Crippen LogP contribution is 2.39. The van der Waals surface area contributed by atoms with Gasteiger partial charge in [0.2, 0.25) is 12.7 Å². The molecule has 5 rings (SSSR count). The van der Waals surface area contributed by atoms with Crippen LogP contribution in [0.4, 0.5) is 0 Å². The first-order chi connectivity index (χ1) is 17.5. The van der Waals surface area contributed by atoms with Gasteiger partial charge in [-0.25, -0.2) is 0 Å². The Morgan fingerprint density at radius 1 is 1.06 bits per heavy atom. The summed E-state index contributed by atoms with van der Waals surface area (Å²) in [5.74, 6) is 2.84. The number of hydrogen-bond donors (Lipinski definition) is 0. The number of rotatable bonds is 8. The Bertz CT molecular complexity index is 1060. The SMILES string of the molecule is COc1cc2c(cc1CN1CCOC(COc3ccc(Cl)cc3)(CC(=O)N3CCOCC3)C1)OCO2. The van der Waals surface area contributed by atoms with E-state index in [1.54, 1.807) is 19.2 Å². The van der Waals surface area contributed by atoms with Crippen LogP contribution in [0.15, 0.2) is 36.4 Å². The highest BCUT2D eigenvalue weighted by molar-refractivity contribution is 6.30. The van der Waals surface area contributed by atoms with Crippen LogP contribution in [0.25, 0.3) is 0 Å². The van der Waals surface area contributed by atoms with E-state index in [1.807, 2.05) is 29.2 Å². The lowest BCUT2D eigenvalue weighted by Crippen LogP contribution is -2.57. The van der Waals surface area contributed by atoms with E-state index in [2.05, 4.69) is 4.90 Å². The Labute approximate surface area is 215 Å². The monoisotopic (exact) mass is 518 g/mol. The summed E-state index contributed by atoms with van der Waals surface area (Å²) in [6.07, 6.45) is 0.218. The van der Waals surface area contributed by atoms with E-state index in [4.69, 9.17) is 40.0 Å². The molecule has 0 spiro atoms. The standard InChI is InChI=1S/C26H31ClN2O7/c1-31-22-13-24-23(34-18-35-24)12-19(22)15-28-6-11-36-26(16-28,14-25(30)29-7-9-32-10-8-29)17-33-21-4-2-20(27)3-5-21/h2-5,12-13H,6-11,14-18H2,1H3. The molecule has 0 aromatic heterocycles. The van der Waals surface area contributed by atoms with Gasteiger partial charge in [0.15, 0.2) is 11.5 Å². The number of carbonyl (C=O) groups excluding carboxylic acids is 1. The molecule has 3 aliphatic heterocycles. The van der Waals surface area contributed by atoms with Crippen molar-refractivity contribution in [3.05, 3.63) is 47.0 Å². The summed E-state index contributed by atoms with van der Waals surface area (Å²) >= 11 is 6.02. The number of methoxy groups -OCH3 is 1. The Morgan fingerprint density at radius 2 is 1.81 bits per heavy atom. The van der Waals surface area contributed by atoms with Crippen LogP contribution in [-0.4, -0.2) is 87.8 Å². The third-order valence-corrected chi connectivity index (χ3v) is 6.90. The van der Waals surface area contributed by atoms with Gasteiger partial charge in [0, 0.05) is 49.4 Å². The van der Waals surface area contributed by atoms with E-state index >= 15 is 0 Å². The minimum absolute atomic E-state index is 0.0421. The number of halogens is 1. The quantitative estimate of drug-likeness (QED) is 0.528. The molecular formula is C26H31ClN2O7. The summed E-state index contributed by atoms with van der Waals surface area (Å²) < 4.78 is 34.6. The van der Waals surface area contributed by atoms with E-state index in [0.29, 0.717) is 74.8 Å². The highest BCUT2D eigenvalue weighted by Gasteiger charge is 2.41. The largest absolute Gasteiger partial charge is 0.496 e. The van der Waals surface area contributed by atoms with Crippen molar-refractivity contribution < 1.29 is 33.2 Å². The van der Waals surface area contributed by atoms with E-state index in [-0.39, 0.29) is 25.7 Å². The summed E-state index contributed by atoms with van der Waals surface area (Å²) in [5, 5.41) is 0.636. The molecule has 9 nitrogen and oxygen atoms in total. The molecule has 10 heteroatoms. The highest BCUT2D eigenvalue weighted by atomic mass is 35.5. The average Bonchev–Trinajstić information content (AvgIpc) is 3.36. The molecule has 3 aliphatic rings. The van der Waals surface area contributed by atoms with Crippen molar-refractivity contribution in [3.63, 3.8) is 0 Å². The lowest BCUT2D eigenvalue weighted by molar-refractivity contribution is -0.159. The normalized spacial score (nSPS) is 21.9. The zero-order valence-corrected chi connectivity index (χ0v) is 21.1. The van der Waals surface area contributed by atoms with Gasteiger partial charge in [0.25, 0.3) is 0 Å². The second-order valence-corrected chi connectivity index (χ2v) is 9.61. The van der Waals surface area contributed by atoms with Gasteiger partial charge in [0.1, 0.15) is 23.7 Å². The van der Waals surface area contributed by atoms with Crippen molar-refractivity contribution in [2.24, 2.45) is 0 Å². The molecule has 1 atom stereocenters. The Morgan fingerprint density at radius 3 is 2.56 bits per heavy atom. The third-order valence-electron chi connectivity index (χ3n) is 6.65. The molecule has 2 fully saturated rings. The summed E-state index contributed by atoms with van der Waals surface area (Å²) in [6.45, 7) is 5.04. The first-order valence-electron chi connectivity index (χ1n) is 12.1. The van der Waals surface area contributed by atoms with Crippen LogP contribution in [0.1, 0.15) is 12.0 Å². The van der Waals surface area contributed by atoms with Crippen molar-refractivity contribution in [2.45, 2.75) is 18.6 Å². The Balaban J connectivity index is 1.34. The molecule has 1 unspecified atom stereocenters. The molecule has 0 saturated carbocycles. The molecule has 1 amide bonds. The summed E-state index contributed by atoms with van der Waals surface area (Å²) in [5.41, 5.74) is 0.173. The van der Waals surface area contributed by atoms with E-state index in [1.165, 1.54) is 0 Å². The van der Waals surface area contributed by atoms with Gasteiger partial charge >= 0.3 is 0 Å². The van der Waals surface area contributed by atoms with Gasteiger partial charge in [-0.3, -0.25) is 9.69 Å². The Hall–Kier alpha value is -2.72. The summed E-state index contributed by atoms with van der Waals surface area (Å²) in [7, 11) is 1.64. The van der Waals surface area contributed by atoms with Crippen molar-refractivity contribution in [2.75, 3.05) is 66.5 Å². The molecule has 0 bridgehead atoms. The van der Waals surface area contributed by atoms with Crippen LogP contribution in [0.2, 0.25) is 5.02 Å². The molecular weight excluding hydrogens is 488 g/mol. The van der Waals surface area contributed by atoms with Crippen molar-refractivity contribution >= 4 is 17.5 Å². The summed E-state index contributed by atoms with van der Waals surface area (Å²) in [6, 6.07) is 11.0. The summed E-state index contributed by atoms with van der Waals surface area (Å²) in [4.78, 5) is 17.4. The van der Waals surface area contributed by atoms with Gasteiger partial charge in [-0.2, -0.15) is 0 Å². The predicted molar refractivity (Wildman–Crippen MR) is 132 cm³/mol. The molecule has 2 aromatic rings. The Kier molecular flexibility index (Phi) is 7.71. The zero-order chi connectivity index (χ0) is 25.0. The number of amides is 1. The third kappa shape index (κ3) is 5.81. The average molecular weight is 519 g/mol. The molecule has 3 heterocycles. The minimum Gasteiger partial charge on any atom is -0.496 e. The molecule has 0 radical (unpaired) electrons. The lowest BCUT2D eigenvalue weighted by Gasteiger charge is -2.43. The number of hydrogen-bond acceptors (Lipinski definition) is 8. The van der Waals surface area contributed by atoms with Crippen LogP contribution < -0.4 is 18.9 Å². The lowest BCUT2D eigenvalue weighted by atomic mass is 9.96. The number of morpholine rings is 2. The molecule has 2 aromatic carbocycles. The predicted octanol–water partition coefficient (Wildman–Crippen LogP) is 2.98. The smallest absolute Gasteiger partial charge is 0.231 e. The van der Waals surface area contributed by atoms with Crippen molar-refractivity contribution in [1.29, 1.82) is 0 Å². The van der Waals surface area contributed by atoms with Crippen LogP contribution in [-0.2, 0) is 20.8 Å². The van der Waals surface area contributed by atoms with Crippen LogP contribution in [0.3, 0.4) is 0 Å². The number of fused-ring (bicyclic) bond motifs is 1. The molecule has 0 N–H and O–H groups in total. The number of carbonyl (C=O) groups is 1. The van der Waals surface area contributed by atoms with Crippen LogP contribution in [0, 0.1) is 0 Å². The van der Waals surface area contributed by atoms with Gasteiger partial charge in [0.05, 0.1) is 33.4 Å². The van der Waals surface area contributed by atoms with Crippen molar-refractivity contribution in [3.8, 4) is 23.0 Å². The van der Waals surface area contributed by atoms with Crippen LogP contribution in [0.5, 0.6) is 23.0 Å². The fourth-order valence-corrected chi connectivity index (χ4v) is 4.90. The maximum atomic E-state index is 13.3. The van der Waals surface area contributed by atoms with Gasteiger partial charge in [-0.15, -0.1) is 0 Å². The second kappa shape index (κ2) is 11.1. The van der Waals surface area contributed by atoms with Gasteiger partial charge < -0.3 is 33.3 Å². The van der Waals surface area contributed by atoms with Gasteiger partial charge in [-0.1, -0.05) is 11.6 Å². The van der Waals surface area contributed by atoms with E-state index in [0.717, 1.165) is 11.3 Å². The minimum atomic E-state index is -0.809. The van der Waals surface area contributed by atoms with E-state index in [9.17, 15) is 4.79 Å². The maximum Gasteiger partial charge on any atom is 0.231 e. The fraction of sp³-hybridized carbons (Fsp3) is 0.500. The second-order valence-electron chi connectivity index (χ2n) is 9.17. The zero-order valence-electron chi connectivity index (χ0n) is 20.4. The van der Waals surface area contributed by atoms with Crippen molar-refractivity contribution in [1.82, 2.24) is 9.80 Å². The fourth-order valence-electron chi connectivity index (χ4n) is 4.77. The number of ether oxygens (including phenoxy) is 6. The maximum absolute atomic E-state index is 13.3. The number of nitrogens with zero attached hydrogens (tertiary/aromatic N) is 2. The first-order valence-corrected chi connectivity index (χ1v) is 12.5. The number of benzene rings is 2. The van der Waals surface area contributed by atoms with Gasteiger partial charge in [-0.05, 0) is 30.3 Å². The molecule has 194 valence electrons.